The lowest BCUT2D eigenvalue weighted by Crippen LogP contribution is -2.49. The molecule has 4 rings (SSSR count). The number of aromatic nitrogens is 1. The Hall–Kier alpha value is -2.68. The maximum atomic E-state index is 12.4. The molecule has 2 aromatic rings. The summed E-state index contributed by atoms with van der Waals surface area (Å²) in [6, 6.07) is 9.74. The number of halogens is 1. The molecule has 2 fully saturated rings. The average Bonchev–Trinajstić information content (AvgIpc) is 2.97. The van der Waals surface area contributed by atoms with Crippen LogP contribution in [-0.2, 0) is 11.3 Å². The number of nitrogens with zero attached hydrogens (tertiary/aromatic N) is 4. The molecular weight excluding hydrogens is 416 g/mol. The third-order valence-corrected chi connectivity index (χ3v) is 5.55. The maximum Gasteiger partial charge on any atom is 0.410 e. The molecule has 9 heteroatoms. The second kappa shape index (κ2) is 7.15. The number of carbonyl (C=O) groups is 1. The van der Waals surface area contributed by atoms with Gasteiger partial charge in [-0.3, -0.25) is 20.0 Å². The number of hydrogen-bond donors (Lipinski definition) is 0. The van der Waals surface area contributed by atoms with Crippen LogP contribution in [0.25, 0.3) is 0 Å². The molecule has 27 heavy (non-hydrogen) atoms. The molecule has 140 valence electrons. The van der Waals surface area contributed by atoms with Crippen molar-refractivity contribution in [3.05, 3.63) is 62.9 Å². The minimum atomic E-state index is -0.443. The van der Waals surface area contributed by atoms with Crippen molar-refractivity contribution in [2.45, 2.75) is 25.1 Å². The third-order valence-electron chi connectivity index (χ3n) is 4.97. The second-order valence-corrected chi connectivity index (χ2v) is 7.44. The highest BCUT2D eigenvalue weighted by Gasteiger charge is 2.45. The molecule has 0 aliphatic carbocycles. The van der Waals surface area contributed by atoms with E-state index in [0.29, 0.717) is 36.2 Å². The molecule has 1 aromatic heterocycles. The summed E-state index contributed by atoms with van der Waals surface area (Å²) in [6.45, 7) is 1.50. The van der Waals surface area contributed by atoms with Crippen LogP contribution in [-0.4, -0.2) is 46.1 Å². The van der Waals surface area contributed by atoms with Gasteiger partial charge in [0, 0.05) is 19.3 Å². The van der Waals surface area contributed by atoms with E-state index in [1.165, 1.54) is 12.4 Å². The fourth-order valence-electron chi connectivity index (χ4n) is 3.74. The smallest absolute Gasteiger partial charge is 0.410 e. The summed E-state index contributed by atoms with van der Waals surface area (Å²) in [7, 11) is 0. The first-order valence-electron chi connectivity index (χ1n) is 8.58. The van der Waals surface area contributed by atoms with Gasteiger partial charge in [-0.05, 0) is 27.9 Å². The normalized spacial score (nSPS) is 21.7. The minimum Gasteiger partial charge on any atom is -0.442 e. The summed E-state index contributed by atoms with van der Waals surface area (Å²) in [5.74, 6) is 0. The summed E-state index contributed by atoms with van der Waals surface area (Å²) in [5, 5.41) is 11.4. The van der Waals surface area contributed by atoms with Crippen molar-refractivity contribution in [1.82, 2.24) is 9.88 Å². The Morgan fingerprint density at radius 1 is 1.30 bits per heavy atom. The molecule has 1 aromatic carbocycles. The Morgan fingerprint density at radius 3 is 2.81 bits per heavy atom. The molecule has 2 aliphatic heterocycles. The Kier molecular flexibility index (Phi) is 4.69. The Bertz CT molecular complexity index is 879. The number of amides is 1. The van der Waals surface area contributed by atoms with Crippen LogP contribution in [0.5, 0.6) is 0 Å². The number of rotatable bonds is 4. The third kappa shape index (κ3) is 3.34. The molecule has 0 saturated carbocycles. The van der Waals surface area contributed by atoms with E-state index in [9.17, 15) is 14.9 Å². The van der Waals surface area contributed by atoms with Gasteiger partial charge in [0.25, 0.3) is 0 Å². The van der Waals surface area contributed by atoms with E-state index in [2.05, 4.69) is 20.9 Å². The van der Waals surface area contributed by atoms with Gasteiger partial charge in [0.15, 0.2) is 0 Å². The molecule has 0 unspecified atom stereocenters. The first kappa shape index (κ1) is 17.7. The first-order valence-corrected chi connectivity index (χ1v) is 9.38. The number of carbonyl (C=O) groups excluding carboxylic acids is 1. The fourth-order valence-corrected chi connectivity index (χ4v) is 4.31. The quantitative estimate of drug-likeness (QED) is 0.543. The molecule has 2 atom stereocenters. The number of piperidine rings is 1. The van der Waals surface area contributed by atoms with Crippen LogP contribution in [0, 0.1) is 10.1 Å². The Balaban J connectivity index is 1.54. The Morgan fingerprint density at radius 2 is 2.07 bits per heavy atom. The van der Waals surface area contributed by atoms with Crippen LogP contribution in [0.2, 0.25) is 0 Å². The van der Waals surface area contributed by atoms with Gasteiger partial charge in [-0.15, -0.1) is 0 Å². The molecule has 0 N–H and O–H groups in total. The van der Waals surface area contributed by atoms with E-state index >= 15 is 0 Å². The highest BCUT2D eigenvalue weighted by atomic mass is 79.9. The lowest BCUT2D eigenvalue weighted by atomic mass is 10.00. The van der Waals surface area contributed by atoms with E-state index in [1.807, 2.05) is 35.2 Å². The number of benzene rings is 1. The average molecular weight is 433 g/mol. The molecule has 8 nitrogen and oxygen atoms in total. The highest BCUT2D eigenvalue weighted by Crippen LogP contribution is 2.38. The van der Waals surface area contributed by atoms with Crippen molar-refractivity contribution in [2.75, 3.05) is 18.0 Å². The molecule has 0 spiro atoms. The van der Waals surface area contributed by atoms with Gasteiger partial charge in [-0.25, -0.2) is 4.79 Å². The van der Waals surface area contributed by atoms with Gasteiger partial charge >= 0.3 is 11.8 Å². The summed E-state index contributed by atoms with van der Waals surface area (Å²) in [6.07, 6.45) is 2.80. The number of pyridine rings is 1. The van der Waals surface area contributed by atoms with Crippen LogP contribution in [0.4, 0.5) is 16.2 Å². The monoisotopic (exact) mass is 432 g/mol. The molecule has 0 bridgehead atoms. The molecule has 2 saturated heterocycles. The lowest BCUT2D eigenvalue weighted by molar-refractivity contribution is -0.384. The first-order chi connectivity index (χ1) is 13.0. The van der Waals surface area contributed by atoms with Gasteiger partial charge in [-0.2, -0.15) is 0 Å². The number of ether oxygens (including phenoxy) is 1. The van der Waals surface area contributed by atoms with Gasteiger partial charge in [0.2, 0.25) is 0 Å². The van der Waals surface area contributed by atoms with Crippen molar-refractivity contribution >= 4 is 33.4 Å². The summed E-state index contributed by atoms with van der Waals surface area (Å²) >= 11 is 3.36. The predicted octanol–water partition coefficient (Wildman–Crippen LogP) is 3.35. The molecule has 2 aliphatic rings. The summed E-state index contributed by atoms with van der Waals surface area (Å²) in [5.41, 5.74) is 1.46. The standard InChI is InChI=1S/C18H17BrN4O4/c19-13-8-20-9-15(23(25)26)17(13)21-7-6-14-16(11-21)27-18(24)22(14)10-12-4-2-1-3-5-12/h1-5,8-9,14,16H,6-7,10-11H2/t14-,16+/m1/s1. The largest absolute Gasteiger partial charge is 0.442 e. The number of nitro groups is 1. The molecule has 3 heterocycles. The van der Waals surface area contributed by atoms with Crippen LogP contribution < -0.4 is 4.90 Å². The van der Waals surface area contributed by atoms with Crippen LogP contribution in [0.1, 0.15) is 12.0 Å². The van der Waals surface area contributed by atoms with E-state index in [-0.39, 0.29) is 23.9 Å². The van der Waals surface area contributed by atoms with E-state index in [1.54, 1.807) is 4.90 Å². The lowest BCUT2D eigenvalue weighted by Gasteiger charge is -2.36. The zero-order chi connectivity index (χ0) is 19.0. The van der Waals surface area contributed by atoms with Crippen molar-refractivity contribution in [1.29, 1.82) is 0 Å². The number of anilines is 1. The van der Waals surface area contributed by atoms with Gasteiger partial charge in [-0.1, -0.05) is 30.3 Å². The van der Waals surface area contributed by atoms with Gasteiger partial charge < -0.3 is 9.64 Å². The van der Waals surface area contributed by atoms with Crippen molar-refractivity contribution < 1.29 is 14.5 Å². The predicted molar refractivity (Wildman–Crippen MR) is 101 cm³/mol. The van der Waals surface area contributed by atoms with Crippen molar-refractivity contribution in [2.24, 2.45) is 0 Å². The number of fused-ring (bicyclic) bond motifs is 1. The van der Waals surface area contributed by atoms with Gasteiger partial charge in [0.05, 0.1) is 22.0 Å². The van der Waals surface area contributed by atoms with Crippen LogP contribution in [0.3, 0.4) is 0 Å². The molecule has 1 amide bonds. The molecule has 0 radical (unpaired) electrons. The fraction of sp³-hybridized carbons (Fsp3) is 0.333. The SMILES string of the molecule is O=C1O[C@H]2CN(c3c(Br)cncc3[N+](=O)[O-])CC[C@H]2N1Cc1ccccc1. The summed E-state index contributed by atoms with van der Waals surface area (Å²) in [4.78, 5) is 30.9. The van der Waals surface area contributed by atoms with Crippen molar-refractivity contribution in [3.8, 4) is 0 Å². The second-order valence-electron chi connectivity index (χ2n) is 6.58. The van der Waals surface area contributed by atoms with Crippen LogP contribution in [0.15, 0.2) is 47.2 Å². The topological polar surface area (TPSA) is 88.8 Å². The summed E-state index contributed by atoms with van der Waals surface area (Å²) < 4.78 is 6.14. The zero-order valence-electron chi connectivity index (χ0n) is 14.3. The van der Waals surface area contributed by atoms with Crippen molar-refractivity contribution in [3.63, 3.8) is 0 Å². The van der Waals surface area contributed by atoms with E-state index in [4.69, 9.17) is 4.74 Å². The Labute approximate surface area is 164 Å². The molecular formula is C18H17BrN4O4. The minimum absolute atomic E-state index is 0.0337. The van der Waals surface area contributed by atoms with E-state index in [0.717, 1.165) is 5.56 Å². The van der Waals surface area contributed by atoms with E-state index < -0.39 is 4.92 Å². The highest BCUT2D eigenvalue weighted by molar-refractivity contribution is 9.10. The zero-order valence-corrected chi connectivity index (χ0v) is 15.9. The van der Waals surface area contributed by atoms with Gasteiger partial charge in [0.1, 0.15) is 18.0 Å². The number of hydrogen-bond acceptors (Lipinski definition) is 6. The maximum absolute atomic E-state index is 12.4. The van der Waals surface area contributed by atoms with Crippen LogP contribution >= 0.6 is 15.9 Å².